The Labute approximate surface area is 177 Å². The molecule has 30 heavy (non-hydrogen) atoms. The number of phenols is 1. The van der Waals surface area contributed by atoms with Crippen LogP contribution in [0.25, 0.3) is 22.3 Å². The van der Waals surface area contributed by atoms with Crippen LogP contribution in [-0.2, 0) is 0 Å². The van der Waals surface area contributed by atoms with E-state index in [0.717, 1.165) is 29.9 Å². The molecule has 1 aliphatic heterocycles. The van der Waals surface area contributed by atoms with Crippen LogP contribution in [0.4, 0.5) is 5.82 Å². The fourth-order valence-electron chi connectivity index (χ4n) is 4.73. The zero-order valence-corrected chi connectivity index (χ0v) is 18.6. The smallest absolute Gasteiger partial charge is 0.151 e. The molecule has 0 spiro atoms. The van der Waals surface area contributed by atoms with Crippen LogP contribution in [-0.4, -0.2) is 49.4 Å². The molecule has 0 amide bonds. The molecular formula is C23H30N6O. The second-order valence-electron chi connectivity index (χ2n) is 9.71. The number of aromatic hydroxyl groups is 1. The van der Waals surface area contributed by atoms with Crippen LogP contribution < -0.4 is 10.2 Å². The molecule has 0 saturated carbocycles. The van der Waals surface area contributed by atoms with Gasteiger partial charge in [-0.1, -0.05) is 0 Å². The summed E-state index contributed by atoms with van der Waals surface area (Å²) < 4.78 is 0. The van der Waals surface area contributed by atoms with Crippen molar-refractivity contribution >= 4 is 16.9 Å². The highest BCUT2D eigenvalue weighted by Crippen LogP contribution is 2.34. The lowest BCUT2D eigenvalue weighted by Crippen LogP contribution is -2.62. The van der Waals surface area contributed by atoms with Gasteiger partial charge in [0.05, 0.1) is 22.4 Å². The summed E-state index contributed by atoms with van der Waals surface area (Å²) in [4.78, 5) is 11.0. The Bertz CT molecular complexity index is 1060. The molecule has 1 fully saturated rings. The van der Waals surface area contributed by atoms with Gasteiger partial charge in [0.2, 0.25) is 0 Å². The molecule has 1 saturated heterocycles. The number of aromatic nitrogens is 4. The second-order valence-corrected chi connectivity index (χ2v) is 9.71. The molecule has 0 atom stereocenters. The minimum atomic E-state index is 0.0596. The Hall–Kier alpha value is -2.80. The highest BCUT2D eigenvalue weighted by Gasteiger charge is 2.39. The van der Waals surface area contributed by atoms with E-state index < -0.39 is 0 Å². The fraction of sp³-hybridized carbons (Fsp3) is 0.478. The van der Waals surface area contributed by atoms with E-state index in [-0.39, 0.29) is 16.8 Å². The Balaban J connectivity index is 1.61. The molecule has 4 rings (SSSR count). The molecule has 0 bridgehead atoms. The maximum absolute atomic E-state index is 10.5. The van der Waals surface area contributed by atoms with Crippen molar-refractivity contribution in [1.82, 2.24) is 25.5 Å². The lowest BCUT2D eigenvalue weighted by atomic mass is 9.79. The van der Waals surface area contributed by atoms with Gasteiger partial charge < -0.3 is 15.3 Å². The minimum Gasteiger partial charge on any atom is -0.507 e. The molecule has 0 radical (unpaired) electrons. The van der Waals surface area contributed by atoms with Crippen molar-refractivity contribution in [2.24, 2.45) is 0 Å². The number of fused-ring (bicyclic) bond motifs is 1. The van der Waals surface area contributed by atoms with Crippen LogP contribution in [0.1, 0.15) is 46.2 Å². The van der Waals surface area contributed by atoms with E-state index in [1.54, 1.807) is 12.3 Å². The minimum absolute atomic E-state index is 0.0596. The number of nitrogens with zero attached hydrogens (tertiary/aromatic N) is 5. The van der Waals surface area contributed by atoms with Gasteiger partial charge in [-0.3, -0.25) is 4.98 Å². The SMILES string of the molecule is Cc1cnc2cc(O)c(-c3ccc(N(C)C4CC(C)(C)NC(C)(C)C4)nn3)cc2n1. The van der Waals surface area contributed by atoms with Crippen molar-refractivity contribution < 1.29 is 5.11 Å². The predicted molar refractivity (Wildman–Crippen MR) is 120 cm³/mol. The van der Waals surface area contributed by atoms with Gasteiger partial charge in [-0.15, -0.1) is 10.2 Å². The van der Waals surface area contributed by atoms with Crippen molar-refractivity contribution in [2.75, 3.05) is 11.9 Å². The maximum atomic E-state index is 10.5. The van der Waals surface area contributed by atoms with E-state index in [4.69, 9.17) is 0 Å². The lowest BCUT2D eigenvalue weighted by Gasteiger charge is -2.49. The van der Waals surface area contributed by atoms with Crippen molar-refractivity contribution in [2.45, 2.75) is 64.6 Å². The first kappa shape index (κ1) is 20.5. The maximum Gasteiger partial charge on any atom is 0.151 e. The van der Waals surface area contributed by atoms with Crippen molar-refractivity contribution in [3.63, 3.8) is 0 Å². The highest BCUT2D eigenvalue weighted by molar-refractivity contribution is 5.84. The van der Waals surface area contributed by atoms with Gasteiger partial charge in [-0.05, 0) is 65.7 Å². The van der Waals surface area contributed by atoms with Gasteiger partial charge in [0.1, 0.15) is 5.75 Å². The summed E-state index contributed by atoms with van der Waals surface area (Å²) in [5, 5.41) is 23.1. The normalized spacial score (nSPS) is 18.5. The van der Waals surface area contributed by atoms with E-state index in [2.05, 4.69) is 65.1 Å². The summed E-state index contributed by atoms with van der Waals surface area (Å²) in [6.07, 6.45) is 3.74. The topological polar surface area (TPSA) is 87.1 Å². The van der Waals surface area contributed by atoms with E-state index in [1.165, 1.54) is 0 Å². The van der Waals surface area contributed by atoms with Gasteiger partial charge in [-0.25, -0.2) is 4.98 Å². The third-order valence-corrected chi connectivity index (χ3v) is 5.78. The number of benzene rings is 1. The average Bonchev–Trinajstić information content (AvgIpc) is 2.65. The van der Waals surface area contributed by atoms with Gasteiger partial charge in [0, 0.05) is 42.0 Å². The quantitative estimate of drug-likeness (QED) is 0.683. The van der Waals surface area contributed by atoms with E-state index in [0.29, 0.717) is 22.8 Å². The summed E-state index contributed by atoms with van der Waals surface area (Å²) in [5.41, 5.74) is 3.55. The molecule has 2 aromatic heterocycles. The van der Waals surface area contributed by atoms with Crippen molar-refractivity contribution in [3.05, 3.63) is 36.2 Å². The predicted octanol–water partition coefficient (Wildman–Crippen LogP) is 3.85. The Morgan fingerprint density at radius 2 is 1.73 bits per heavy atom. The molecule has 7 nitrogen and oxygen atoms in total. The molecule has 3 aromatic rings. The average molecular weight is 407 g/mol. The summed E-state index contributed by atoms with van der Waals surface area (Å²) in [6, 6.07) is 7.67. The first-order valence-electron chi connectivity index (χ1n) is 10.4. The van der Waals surface area contributed by atoms with E-state index >= 15 is 0 Å². The number of nitrogens with one attached hydrogen (secondary N) is 1. The number of hydrogen-bond donors (Lipinski definition) is 2. The standard InChI is InChI=1S/C23H30N6O/c1-14-13-24-18-10-20(30)16(9-19(18)25-14)17-7-8-21(27-26-17)29(6)15-11-22(2,3)28-23(4,5)12-15/h7-10,13,15,28,30H,11-12H2,1-6H3. The lowest BCUT2D eigenvalue weighted by molar-refractivity contribution is 0.160. The van der Waals surface area contributed by atoms with Crippen molar-refractivity contribution in [1.29, 1.82) is 0 Å². The third kappa shape index (κ3) is 4.07. The monoisotopic (exact) mass is 406 g/mol. The van der Waals surface area contributed by atoms with Gasteiger partial charge in [-0.2, -0.15) is 0 Å². The molecule has 2 N–H and O–H groups in total. The van der Waals surface area contributed by atoms with Crippen LogP contribution in [0.2, 0.25) is 0 Å². The summed E-state index contributed by atoms with van der Waals surface area (Å²) in [7, 11) is 2.08. The van der Waals surface area contributed by atoms with Crippen LogP contribution in [0, 0.1) is 6.92 Å². The number of piperidine rings is 1. The largest absolute Gasteiger partial charge is 0.507 e. The third-order valence-electron chi connectivity index (χ3n) is 5.78. The van der Waals surface area contributed by atoms with Crippen molar-refractivity contribution in [3.8, 4) is 17.0 Å². The molecule has 0 unspecified atom stereocenters. The first-order valence-corrected chi connectivity index (χ1v) is 10.4. The zero-order chi connectivity index (χ0) is 21.7. The van der Waals surface area contributed by atoms with E-state index in [9.17, 15) is 5.11 Å². The molecule has 3 heterocycles. The van der Waals surface area contributed by atoms with Gasteiger partial charge in [0.25, 0.3) is 0 Å². The van der Waals surface area contributed by atoms with Gasteiger partial charge in [0.15, 0.2) is 5.82 Å². The molecule has 0 aliphatic carbocycles. The Morgan fingerprint density at radius 1 is 1.03 bits per heavy atom. The van der Waals surface area contributed by atoms with Crippen LogP contribution in [0.15, 0.2) is 30.5 Å². The number of hydrogen-bond acceptors (Lipinski definition) is 7. The fourth-order valence-corrected chi connectivity index (χ4v) is 4.73. The first-order chi connectivity index (χ1) is 14.0. The molecular weight excluding hydrogens is 376 g/mol. The Kier molecular flexibility index (Phi) is 4.89. The Morgan fingerprint density at radius 3 is 2.37 bits per heavy atom. The second kappa shape index (κ2) is 7.16. The number of phenolic OH excluding ortho intramolecular Hbond substituents is 1. The molecule has 158 valence electrons. The van der Waals surface area contributed by atoms with Crippen LogP contribution in [0.5, 0.6) is 5.75 Å². The molecule has 1 aliphatic rings. The summed E-state index contributed by atoms with van der Waals surface area (Å²) in [6.45, 7) is 10.9. The number of anilines is 1. The summed E-state index contributed by atoms with van der Waals surface area (Å²) in [5.74, 6) is 0.950. The molecule has 7 heteroatoms. The highest BCUT2D eigenvalue weighted by atomic mass is 16.3. The summed E-state index contributed by atoms with van der Waals surface area (Å²) >= 11 is 0. The van der Waals surface area contributed by atoms with Gasteiger partial charge >= 0.3 is 0 Å². The van der Waals surface area contributed by atoms with Crippen LogP contribution >= 0.6 is 0 Å². The van der Waals surface area contributed by atoms with Crippen LogP contribution in [0.3, 0.4) is 0 Å². The number of aryl methyl sites for hydroxylation is 1. The van der Waals surface area contributed by atoms with E-state index in [1.807, 2.05) is 25.1 Å². The number of rotatable bonds is 3. The zero-order valence-electron chi connectivity index (χ0n) is 18.6. The molecule has 1 aromatic carbocycles.